The summed E-state index contributed by atoms with van der Waals surface area (Å²) in [5, 5.41) is 12.0. The minimum Gasteiger partial charge on any atom is -0.392 e. The molecule has 0 spiro atoms. The number of imidazole rings is 1. The molecule has 20 heavy (non-hydrogen) atoms. The number of rotatable bonds is 4. The first-order chi connectivity index (χ1) is 9.43. The third kappa shape index (κ3) is 2.86. The second-order valence-corrected chi connectivity index (χ2v) is 5.73. The van der Waals surface area contributed by atoms with Gasteiger partial charge in [0.2, 0.25) is 0 Å². The van der Waals surface area contributed by atoms with Crippen molar-refractivity contribution >= 4 is 27.5 Å². The van der Waals surface area contributed by atoms with Crippen LogP contribution in [-0.4, -0.2) is 33.0 Å². The SMILES string of the molecule is CCc1nc2c(Br)cc(C)cn2c1C(=O)NCC(C)O. The van der Waals surface area contributed by atoms with Crippen LogP contribution < -0.4 is 5.32 Å². The molecule has 0 saturated heterocycles. The second kappa shape index (κ2) is 5.93. The molecule has 1 atom stereocenters. The molecule has 6 heteroatoms. The van der Waals surface area contributed by atoms with Gasteiger partial charge in [-0.2, -0.15) is 0 Å². The monoisotopic (exact) mass is 339 g/mol. The van der Waals surface area contributed by atoms with E-state index >= 15 is 0 Å². The van der Waals surface area contributed by atoms with Crippen LogP contribution in [0.3, 0.4) is 0 Å². The number of nitrogens with zero attached hydrogens (tertiary/aromatic N) is 2. The molecule has 0 aliphatic rings. The molecule has 108 valence electrons. The summed E-state index contributed by atoms with van der Waals surface area (Å²) in [7, 11) is 0. The van der Waals surface area contributed by atoms with Gasteiger partial charge in [-0.05, 0) is 47.8 Å². The number of aryl methyl sites for hydroxylation is 2. The highest BCUT2D eigenvalue weighted by Crippen LogP contribution is 2.22. The Kier molecular flexibility index (Phi) is 4.45. The molecule has 2 aromatic rings. The van der Waals surface area contributed by atoms with Gasteiger partial charge >= 0.3 is 0 Å². The Morgan fingerprint density at radius 3 is 2.90 bits per heavy atom. The fourth-order valence-electron chi connectivity index (χ4n) is 2.09. The standard InChI is InChI=1S/C14H18BrN3O2/c1-4-11-12(14(20)16-6-9(3)19)18-7-8(2)5-10(15)13(18)17-11/h5,7,9,19H,4,6H2,1-3H3,(H,16,20). The minimum absolute atomic E-state index is 0.215. The lowest BCUT2D eigenvalue weighted by Gasteiger charge is -2.08. The first-order valence-electron chi connectivity index (χ1n) is 6.57. The molecule has 0 aromatic carbocycles. The summed E-state index contributed by atoms with van der Waals surface area (Å²) in [6, 6.07) is 1.97. The second-order valence-electron chi connectivity index (χ2n) is 4.88. The molecule has 2 heterocycles. The third-order valence-electron chi connectivity index (χ3n) is 2.99. The van der Waals surface area contributed by atoms with Gasteiger partial charge in [-0.25, -0.2) is 4.98 Å². The highest BCUT2D eigenvalue weighted by molar-refractivity contribution is 9.10. The van der Waals surface area contributed by atoms with Crippen molar-refractivity contribution < 1.29 is 9.90 Å². The van der Waals surface area contributed by atoms with E-state index in [0.717, 1.165) is 21.4 Å². The summed E-state index contributed by atoms with van der Waals surface area (Å²) in [5.74, 6) is -0.215. The van der Waals surface area contributed by atoms with E-state index in [4.69, 9.17) is 0 Å². The zero-order chi connectivity index (χ0) is 14.9. The summed E-state index contributed by atoms with van der Waals surface area (Å²) in [6.07, 6.45) is 1.99. The molecule has 0 bridgehead atoms. The van der Waals surface area contributed by atoms with Gasteiger partial charge in [0.25, 0.3) is 5.91 Å². The Balaban J connectivity index is 2.52. The zero-order valence-electron chi connectivity index (χ0n) is 11.8. The van der Waals surface area contributed by atoms with Crippen LogP contribution >= 0.6 is 15.9 Å². The summed E-state index contributed by atoms with van der Waals surface area (Å²) >= 11 is 3.48. The fraction of sp³-hybridized carbons (Fsp3) is 0.429. The summed E-state index contributed by atoms with van der Waals surface area (Å²) < 4.78 is 2.66. The van der Waals surface area contributed by atoms with Crippen molar-refractivity contribution in [1.82, 2.24) is 14.7 Å². The van der Waals surface area contributed by atoms with Gasteiger partial charge in [-0.1, -0.05) is 6.92 Å². The number of aliphatic hydroxyl groups is 1. The highest BCUT2D eigenvalue weighted by atomic mass is 79.9. The van der Waals surface area contributed by atoms with Crippen molar-refractivity contribution in [2.45, 2.75) is 33.3 Å². The van der Waals surface area contributed by atoms with Gasteiger partial charge in [0.05, 0.1) is 16.3 Å². The first kappa shape index (κ1) is 15.0. The van der Waals surface area contributed by atoms with Gasteiger partial charge in [-0.15, -0.1) is 0 Å². The van der Waals surface area contributed by atoms with Crippen LogP contribution in [0.4, 0.5) is 0 Å². The van der Waals surface area contributed by atoms with Crippen LogP contribution in [0.2, 0.25) is 0 Å². The molecular formula is C14H18BrN3O2. The largest absolute Gasteiger partial charge is 0.392 e. The molecule has 2 N–H and O–H groups in total. The number of carbonyl (C=O) groups is 1. The Bertz CT molecular complexity index is 649. The smallest absolute Gasteiger partial charge is 0.270 e. The number of carbonyl (C=O) groups excluding carboxylic acids is 1. The number of fused-ring (bicyclic) bond motifs is 1. The average molecular weight is 340 g/mol. The Hall–Kier alpha value is -1.40. The van der Waals surface area contributed by atoms with Crippen LogP contribution in [-0.2, 0) is 6.42 Å². The number of aliphatic hydroxyl groups excluding tert-OH is 1. The maximum Gasteiger partial charge on any atom is 0.270 e. The topological polar surface area (TPSA) is 66.6 Å². The maximum absolute atomic E-state index is 12.3. The van der Waals surface area contributed by atoms with Crippen molar-refractivity contribution in [2.24, 2.45) is 0 Å². The van der Waals surface area contributed by atoms with Crippen molar-refractivity contribution in [3.8, 4) is 0 Å². The van der Waals surface area contributed by atoms with Crippen LogP contribution in [0.5, 0.6) is 0 Å². The van der Waals surface area contributed by atoms with Crippen LogP contribution in [0, 0.1) is 6.92 Å². The van der Waals surface area contributed by atoms with E-state index in [1.165, 1.54) is 0 Å². The molecule has 1 amide bonds. The van der Waals surface area contributed by atoms with Gasteiger partial charge in [0.1, 0.15) is 5.69 Å². The lowest BCUT2D eigenvalue weighted by Crippen LogP contribution is -2.32. The molecule has 0 saturated carbocycles. The lowest BCUT2D eigenvalue weighted by atomic mass is 10.2. The Morgan fingerprint density at radius 2 is 2.30 bits per heavy atom. The number of aromatic nitrogens is 2. The van der Waals surface area contributed by atoms with Crippen LogP contribution in [0.15, 0.2) is 16.7 Å². The molecule has 5 nitrogen and oxygen atoms in total. The Morgan fingerprint density at radius 1 is 1.60 bits per heavy atom. The van der Waals surface area contributed by atoms with E-state index in [-0.39, 0.29) is 12.5 Å². The van der Waals surface area contributed by atoms with Crippen LogP contribution in [0.1, 0.15) is 35.6 Å². The summed E-state index contributed by atoms with van der Waals surface area (Å²) in [6.45, 7) is 5.79. The molecule has 0 aliphatic heterocycles. The predicted molar refractivity (Wildman–Crippen MR) is 81.0 cm³/mol. The van der Waals surface area contributed by atoms with Crippen molar-refractivity contribution in [3.63, 3.8) is 0 Å². The van der Waals surface area contributed by atoms with E-state index in [0.29, 0.717) is 12.1 Å². The summed E-state index contributed by atoms with van der Waals surface area (Å²) in [4.78, 5) is 16.8. The fourth-order valence-corrected chi connectivity index (χ4v) is 2.73. The van der Waals surface area contributed by atoms with E-state index in [2.05, 4.69) is 26.2 Å². The average Bonchev–Trinajstić information content (AvgIpc) is 2.74. The molecule has 2 aromatic heterocycles. The molecule has 2 rings (SSSR count). The van der Waals surface area contributed by atoms with E-state index in [9.17, 15) is 9.90 Å². The molecular weight excluding hydrogens is 322 g/mol. The summed E-state index contributed by atoms with van der Waals surface area (Å²) in [5.41, 5.74) is 3.05. The number of pyridine rings is 1. The van der Waals surface area contributed by atoms with Crippen molar-refractivity contribution in [1.29, 1.82) is 0 Å². The first-order valence-corrected chi connectivity index (χ1v) is 7.36. The van der Waals surface area contributed by atoms with Gasteiger partial charge in [0, 0.05) is 12.7 Å². The van der Waals surface area contributed by atoms with Crippen molar-refractivity contribution in [3.05, 3.63) is 33.7 Å². The highest BCUT2D eigenvalue weighted by Gasteiger charge is 2.19. The molecule has 0 aliphatic carbocycles. The molecule has 0 radical (unpaired) electrons. The minimum atomic E-state index is -0.573. The van der Waals surface area contributed by atoms with Gasteiger partial charge < -0.3 is 10.4 Å². The van der Waals surface area contributed by atoms with Crippen LogP contribution in [0.25, 0.3) is 5.65 Å². The van der Waals surface area contributed by atoms with Gasteiger partial charge in [0.15, 0.2) is 5.65 Å². The normalized spacial score (nSPS) is 12.7. The Labute approximate surface area is 126 Å². The van der Waals surface area contributed by atoms with E-state index in [1.807, 2.05) is 26.1 Å². The number of halogens is 1. The van der Waals surface area contributed by atoms with E-state index < -0.39 is 6.10 Å². The molecule has 0 fully saturated rings. The predicted octanol–water partition coefficient (Wildman–Crippen LogP) is 2.08. The third-order valence-corrected chi connectivity index (χ3v) is 3.58. The van der Waals surface area contributed by atoms with E-state index in [1.54, 1.807) is 11.3 Å². The number of hydrogen-bond donors (Lipinski definition) is 2. The lowest BCUT2D eigenvalue weighted by molar-refractivity contribution is 0.0917. The van der Waals surface area contributed by atoms with Gasteiger partial charge in [-0.3, -0.25) is 9.20 Å². The zero-order valence-corrected chi connectivity index (χ0v) is 13.4. The number of nitrogens with one attached hydrogen (secondary N) is 1. The molecule has 1 unspecified atom stereocenters. The van der Waals surface area contributed by atoms with Crippen molar-refractivity contribution in [2.75, 3.05) is 6.54 Å². The quantitative estimate of drug-likeness (QED) is 0.896. The number of amides is 1. The maximum atomic E-state index is 12.3. The number of hydrogen-bond acceptors (Lipinski definition) is 3.